The quantitative estimate of drug-likeness (QED) is 0.0224. The Hall–Kier alpha value is -8.65. The van der Waals surface area contributed by atoms with Gasteiger partial charge in [0.1, 0.15) is 35.7 Å². The lowest BCUT2D eigenvalue weighted by molar-refractivity contribution is -0.137. The molecule has 82 heavy (non-hydrogen) atoms. The highest BCUT2D eigenvalue weighted by molar-refractivity contribution is 7.52. The van der Waals surface area contributed by atoms with Crippen LogP contribution in [0.2, 0.25) is 0 Å². The van der Waals surface area contributed by atoms with E-state index in [-0.39, 0.29) is 80.9 Å². The van der Waals surface area contributed by atoms with Gasteiger partial charge in [-0.25, -0.2) is 4.98 Å². The predicted octanol–water partition coefficient (Wildman–Crippen LogP) is 3.93. The number of hydrogen-bond donors (Lipinski definition) is 8. The van der Waals surface area contributed by atoms with Gasteiger partial charge in [-0.15, -0.1) is 0 Å². The van der Waals surface area contributed by atoms with E-state index in [1.54, 1.807) is 60.7 Å². The number of nitrogens with zero attached hydrogens (tertiary/aromatic N) is 3. The molecule has 428 valence electrons. The largest absolute Gasteiger partial charge is 0.432 e. The number of para-hydroxylation sites is 1. The second kappa shape index (κ2) is 24.6. The number of anilines is 1. The Bertz CT molecular complexity index is 3510. The first kappa shape index (κ1) is 58.0. The van der Waals surface area contributed by atoms with Crippen LogP contribution in [0.5, 0.6) is 0 Å². The van der Waals surface area contributed by atoms with Gasteiger partial charge in [-0.3, -0.25) is 57.9 Å². The van der Waals surface area contributed by atoms with Crippen LogP contribution < -0.4 is 37.2 Å². The van der Waals surface area contributed by atoms with Crippen molar-refractivity contribution in [3.63, 3.8) is 0 Å². The standard InChI is InChI=1S/C57H58F2N9O13P/c58-57(59,82(78,79)80)36-21-25-44-41(30-36)64-54(81-44)53(75)63-40-22-20-34-17-11-18-35-29-43(68(48(34)35)56(40)77)51(73)62-39(23-26-45(60)69)49(71)66-47(33-14-8-6-9-15-33)52(74)61-28-10-5-3-1-2-4-7-13-32-16-12-19-37-38(32)31-67(55(37)76)42-24-27-46(70)65-50(42)72/h6,8-9,11-12,14-19,21,25,30,39-40,42-43,47H,1-5,10,20,22-24,26-29,31H2,(H2,60,69)(H,61,74)(H,62,73)(H,63,75)(H,66,71)(H,65,70,72)(H2,78,79,80)/t39-,40-,42?,43-,47-/m0/s1. The molecule has 4 aromatic carbocycles. The summed E-state index contributed by atoms with van der Waals surface area (Å²) in [4.78, 5) is 145. The molecule has 1 unspecified atom stereocenters. The number of benzene rings is 4. The van der Waals surface area contributed by atoms with Gasteiger partial charge in [0, 0.05) is 55.5 Å². The minimum Gasteiger partial charge on any atom is -0.432 e. The van der Waals surface area contributed by atoms with Gasteiger partial charge < -0.3 is 46.1 Å². The van der Waals surface area contributed by atoms with Gasteiger partial charge in [-0.1, -0.05) is 85.7 Å². The van der Waals surface area contributed by atoms with E-state index >= 15 is 0 Å². The average Bonchev–Trinajstić information content (AvgIpc) is 4.37. The summed E-state index contributed by atoms with van der Waals surface area (Å²) >= 11 is 0. The number of oxazole rings is 1. The molecule has 5 atom stereocenters. The van der Waals surface area contributed by atoms with E-state index in [0.29, 0.717) is 52.4 Å². The molecule has 4 aliphatic heterocycles. The van der Waals surface area contributed by atoms with Crippen molar-refractivity contribution < 1.29 is 70.7 Å². The minimum atomic E-state index is -5.93. The number of nitrogens with one attached hydrogen (secondary N) is 5. The zero-order chi connectivity index (χ0) is 58.5. The van der Waals surface area contributed by atoms with E-state index < -0.39 is 96.3 Å². The maximum atomic E-state index is 14.5. The zero-order valence-corrected chi connectivity index (χ0v) is 45.0. The highest BCUT2D eigenvalue weighted by Gasteiger charge is 2.51. The van der Waals surface area contributed by atoms with Gasteiger partial charge in [0.15, 0.2) is 5.58 Å². The first-order valence-corrected chi connectivity index (χ1v) is 28.4. The summed E-state index contributed by atoms with van der Waals surface area (Å²) in [6, 6.07) is 15.4. The van der Waals surface area contributed by atoms with Crippen LogP contribution in [-0.2, 0) is 63.2 Å². The van der Waals surface area contributed by atoms with Crippen LogP contribution in [0.4, 0.5) is 14.5 Å². The predicted molar refractivity (Wildman–Crippen MR) is 289 cm³/mol. The molecule has 5 aromatic rings. The number of nitrogens with two attached hydrogens (primary N) is 1. The van der Waals surface area contributed by atoms with Crippen molar-refractivity contribution in [2.24, 2.45) is 5.73 Å². The average molecular weight is 1150 g/mol. The molecule has 9 N–H and O–H groups in total. The lowest BCUT2D eigenvalue weighted by Gasteiger charge is -2.29. The van der Waals surface area contributed by atoms with Crippen LogP contribution in [0, 0.1) is 11.8 Å². The fourth-order valence-electron chi connectivity index (χ4n) is 10.6. The molecule has 0 radical (unpaired) electrons. The third kappa shape index (κ3) is 12.6. The lowest BCUT2D eigenvalue weighted by Crippen LogP contribution is -2.57. The molecule has 4 aliphatic rings. The minimum absolute atomic E-state index is 0.00271. The highest BCUT2D eigenvalue weighted by atomic mass is 31.2. The molecule has 0 saturated carbocycles. The second-order valence-corrected chi connectivity index (χ2v) is 22.1. The summed E-state index contributed by atoms with van der Waals surface area (Å²) in [5, 5.41) is 13.2. The Balaban J connectivity index is 0.792. The number of alkyl halides is 2. The van der Waals surface area contributed by atoms with Gasteiger partial charge in [0.2, 0.25) is 41.4 Å². The van der Waals surface area contributed by atoms with Crippen molar-refractivity contribution in [2.75, 3.05) is 11.4 Å². The zero-order valence-electron chi connectivity index (χ0n) is 44.1. The summed E-state index contributed by atoms with van der Waals surface area (Å²) < 4.78 is 45.9. The van der Waals surface area contributed by atoms with Gasteiger partial charge >= 0.3 is 19.2 Å². The van der Waals surface area contributed by atoms with Gasteiger partial charge in [0.25, 0.3) is 11.8 Å². The summed E-state index contributed by atoms with van der Waals surface area (Å²) in [7, 11) is -5.93. The number of unbranched alkanes of at least 4 members (excludes halogenated alkanes) is 5. The van der Waals surface area contributed by atoms with Crippen LogP contribution in [-0.4, -0.2) is 104 Å². The summed E-state index contributed by atoms with van der Waals surface area (Å²) in [6.45, 7) is 0.514. The Morgan fingerprint density at radius 2 is 1.62 bits per heavy atom. The molecule has 9 amide bonds. The van der Waals surface area contributed by atoms with Crippen molar-refractivity contribution in [3.8, 4) is 11.8 Å². The van der Waals surface area contributed by atoms with Crippen molar-refractivity contribution in [1.29, 1.82) is 0 Å². The molecule has 1 fully saturated rings. The molecule has 0 bridgehead atoms. The Kier molecular flexibility index (Phi) is 17.4. The fraction of sp³-hybridized carbons (Fsp3) is 0.368. The number of aryl methyl sites for hydroxylation is 1. The third-order valence-corrected chi connectivity index (χ3v) is 15.9. The highest BCUT2D eigenvalue weighted by Crippen LogP contribution is 2.59. The number of piperidine rings is 1. The van der Waals surface area contributed by atoms with E-state index in [9.17, 15) is 66.3 Å². The number of halogens is 2. The second-order valence-electron chi connectivity index (χ2n) is 20.5. The van der Waals surface area contributed by atoms with E-state index in [1.165, 1.54) is 9.80 Å². The maximum Gasteiger partial charge on any atom is 0.399 e. The number of amides is 9. The first-order chi connectivity index (χ1) is 39.2. The van der Waals surface area contributed by atoms with Crippen LogP contribution >= 0.6 is 7.60 Å². The van der Waals surface area contributed by atoms with Gasteiger partial charge in [-0.05, 0) is 91.1 Å². The number of aromatic nitrogens is 1. The van der Waals surface area contributed by atoms with E-state index in [1.807, 2.05) is 6.07 Å². The Labute approximate surface area is 467 Å². The molecule has 5 heterocycles. The van der Waals surface area contributed by atoms with E-state index in [4.69, 9.17) is 10.2 Å². The van der Waals surface area contributed by atoms with Gasteiger partial charge in [0.05, 0.1) is 5.69 Å². The molecule has 0 spiro atoms. The number of primary amides is 1. The van der Waals surface area contributed by atoms with Crippen molar-refractivity contribution in [3.05, 3.63) is 130 Å². The SMILES string of the molecule is NC(=O)CC[C@H](NC(=O)[C@@H]1Cc2cccc3c2N1C(=O)[C@@H](NC(=O)c1nc2cc(C(F)(F)P(=O)(O)O)ccc2o1)CC3)C(=O)N[C@H](C(=O)NCCCCCCCC#Cc1cccc2c1CN(C1CCC(=O)NC1=O)C2=O)c1ccccc1. The number of carbonyl (C=O) groups excluding carboxylic acids is 9. The third-order valence-electron chi connectivity index (χ3n) is 14.9. The number of imide groups is 1. The van der Waals surface area contributed by atoms with Crippen LogP contribution in [0.3, 0.4) is 0 Å². The normalized spacial score (nSPS) is 18.3. The molecule has 1 saturated heterocycles. The molecule has 0 aliphatic carbocycles. The first-order valence-electron chi connectivity index (χ1n) is 26.8. The molecular formula is C57H58F2N9O13P. The Morgan fingerprint density at radius 3 is 2.38 bits per heavy atom. The molecular weight excluding hydrogens is 1090 g/mol. The number of hydrogen-bond acceptors (Lipinski definition) is 12. The molecule has 9 rings (SSSR count). The fourth-order valence-corrected chi connectivity index (χ4v) is 11.1. The summed E-state index contributed by atoms with van der Waals surface area (Å²) in [6.07, 6.45) is 4.63. The summed E-state index contributed by atoms with van der Waals surface area (Å²) in [5.74, 6) is -0.0121. The number of rotatable bonds is 21. The van der Waals surface area contributed by atoms with Crippen LogP contribution in [0.25, 0.3) is 11.1 Å². The summed E-state index contributed by atoms with van der Waals surface area (Å²) in [5.41, 5.74) is 3.53. The van der Waals surface area contributed by atoms with E-state index in [2.05, 4.69) is 43.4 Å². The number of fused-ring (bicyclic) bond motifs is 2. The van der Waals surface area contributed by atoms with Crippen LogP contribution in [0.15, 0.2) is 89.3 Å². The lowest BCUT2D eigenvalue weighted by atomic mass is 10.0. The Morgan fingerprint density at radius 1 is 0.878 bits per heavy atom. The van der Waals surface area contributed by atoms with E-state index in [0.717, 1.165) is 43.4 Å². The number of carbonyl (C=O) groups is 9. The molecule has 1 aromatic heterocycles. The smallest absolute Gasteiger partial charge is 0.399 e. The van der Waals surface area contributed by atoms with Crippen molar-refractivity contribution in [2.45, 2.75) is 126 Å². The topological polar surface area (TPSA) is 330 Å². The monoisotopic (exact) mass is 1150 g/mol. The van der Waals surface area contributed by atoms with Gasteiger partial charge in [-0.2, -0.15) is 8.78 Å². The molecule has 22 nitrogen and oxygen atoms in total. The van der Waals surface area contributed by atoms with Crippen LogP contribution in [0.1, 0.15) is 131 Å². The maximum absolute atomic E-state index is 14.5. The molecule has 25 heteroatoms. The van der Waals surface area contributed by atoms with Crippen molar-refractivity contribution >= 4 is 77.5 Å². The van der Waals surface area contributed by atoms with Crippen molar-refractivity contribution in [1.82, 2.24) is 36.5 Å².